The first-order valence-electron chi connectivity index (χ1n) is 9.75. The topological polar surface area (TPSA) is 114 Å². The van der Waals surface area contributed by atoms with E-state index in [9.17, 15) is 18.0 Å². The van der Waals surface area contributed by atoms with Gasteiger partial charge < -0.3 is 4.74 Å². The van der Waals surface area contributed by atoms with Crippen molar-refractivity contribution in [3.8, 4) is 5.75 Å². The number of fused-ring (bicyclic) bond motifs is 1. The van der Waals surface area contributed by atoms with Crippen molar-refractivity contribution < 1.29 is 22.7 Å². The summed E-state index contributed by atoms with van der Waals surface area (Å²) in [5.74, 6) is -0.0976. The molecule has 8 nitrogen and oxygen atoms in total. The fourth-order valence-electron chi connectivity index (χ4n) is 3.11. The molecule has 4 aromatic rings. The zero-order chi connectivity index (χ0) is 23.6. The fourth-order valence-corrected chi connectivity index (χ4v) is 5.07. The lowest BCUT2D eigenvalue weighted by molar-refractivity contribution is 0.101. The zero-order valence-corrected chi connectivity index (χ0v) is 19.3. The van der Waals surface area contributed by atoms with Crippen LogP contribution in [0.1, 0.15) is 27.6 Å². The molecule has 4 rings (SSSR count). The predicted octanol–water partition coefficient (Wildman–Crippen LogP) is 4.56. The van der Waals surface area contributed by atoms with E-state index in [2.05, 4.69) is 15.0 Å². The predicted molar refractivity (Wildman–Crippen MR) is 128 cm³/mol. The number of aromatic nitrogens is 1. The summed E-state index contributed by atoms with van der Waals surface area (Å²) in [5.41, 5.74) is 1.69. The first-order chi connectivity index (χ1) is 15.8. The van der Waals surface area contributed by atoms with Gasteiger partial charge in [0.25, 0.3) is 15.9 Å². The van der Waals surface area contributed by atoms with Crippen molar-refractivity contribution in [3.05, 3.63) is 77.9 Å². The summed E-state index contributed by atoms with van der Waals surface area (Å²) in [6.07, 6.45) is 0. The maximum absolute atomic E-state index is 12.8. The number of benzene rings is 3. The molecule has 0 saturated carbocycles. The van der Waals surface area contributed by atoms with Gasteiger partial charge in [-0.3, -0.25) is 19.6 Å². The highest BCUT2D eigenvalue weighted by molar-refractivity contribution is 7.92. The second kappa shape index (κ2) is 9.00. The minimum absolute atomic E-state index is 0.0201. The van der Waals surface area contributed by atoms with Crippen LogP contribution >= 0.6 is 11.3 Å². The van der Waals surface area contributed by atoms with Crippen LogP contribution in [-0.4, -0.2) is 32.2 Å². The molecule has 0 radical (unpaired) electrons. The van der Waals surface area contributed by atoms with E-state index in [-0.39, 0.29) is 22.3 Å². The summed E-state index contributed by atoms with van der Waals surface area (Å²) >= 11 is 1.20. The maximum Gasteiger partial charge on any atom is 0.261 e. The molecule has 0 aliphatic carbocycles. The Morgan fingerprint density at radius 2 is 1.67 bits per heavy atom. The monoisotopic (exact) mass is 481 g/mol. The molecule has 0 aliphatic heterocycles. The largest absolute Gasteiger partial charge is 0.494 e. The van der Waals surface area contributed by atoms with E-state index < -0.39 is 10.0 Å². The van der Waals surface area contributed by atoms with Crippen LogP contribution in [0.3, 0.4) is 0 Å². The van der Waals surface area contributed by atoms with E-state index in [0.717, 1.165) is 0 Å². The lowest BCUT2D eigenvalue weighted by Crippen LogP contribution is -2.13. The number of carbonyl (C=O) groups excluding carboxylic acids is 2. The molecule has 2 N–H and O–H groups in total. The average molecular weight is 482 g/mol. The SMILES string of the molecule is COc1cc(NS(=O)(=O)c2ccc(C(C)=O)cc2)cc2sc(NC(=O)c3ccccc3)nc12. The summed E-state index contributed by atoms with van der Waals surface area (Å²) < 4.78 is 34.2. The Labute approximate surface area is 194 Å². The van der Waals surface area contributed by atoms with Crippen LogP contribution in [0.4, 0.5) is 10.8 Å². The minimum Gasteiger partial charge on any atom is -0.494 e. The third-order valence-corrected chi connectivity index (χ3v) is 7.07. The molecule has 0 saturated heterocycles. The van der Waals surface area contributed by atoms with E-state index in [4.69, 9.17) is 4.74 Å². The van der Waals surface area contributed by atoms with Gasteiger partial charge in [-0.05, 0) is 37.3 Å². The highest BCUT2D eigenvalue weighted by atomic mass is 32.2. The lowest BCUT2D eigenvalue weighted by atomic mass is 10.2. The van der Waals surface area contributed by atoms with Crippen molar-refractivity contribution in [2.24, 2.45) is 0 Å². The van der Waals surface area contributed by atoms with Gasteiger partial charge >= 0.3 is 0 Å². The van der Waals surface area contributed by atoms with Crippen LogP contribution in [0.5, 0.6) is 5.75 Å². The fraction of sp³-hybridized carbons (Fsp3) is 0.0870. The molecule has 33 heavy (non-hydrogen) atoms. The molecule has 0 unspecified atom stereocenters. The van der Waals surface area contributed by atoms with E-state index in [1.54, 1.807) is 30.3 Å². The number of Topliss-reactive ketones (excluding diaryl/α,β-unsaturated/α-hetero) is 1. The number of thiazole rings is 1. The summed E-state index contributed by atoms with van der Waals surface area (Å²) in [5, 5.41) is 3.11. The minimum atomic E-state index is -3.90. The lowest BCUT2D eigenvalue weighted by Gasteiger charge is -2.10. The van der Waals surface area contributed by atoms with Crippen molar-refractivity contribution in [2.45, 2.75) is 11.8 Å². The Bertz CT molecular complexity index is 1450. The molecule has 1 aromatic heterocycles. The van der Waals surface area contributed by atoms with Gasteiger partial charge in [0.05, 0.1) is 22.4 Å². The van der Waals surface area contributed by atoms with Gasteiger partial charge in [-0.25, -0.2) is 13.4 Å². The van der Waals surface area contributed by atoms with Gasteiger partial charge in [0, 0.05) is 17.2 Å². The van der Waals surface area contributed by atoms with E-state index >= 15 is 0 Å². The first kappa shape index (κ1) is 22.4. The Hall–Kier alpha value is -3.76. The number of sulfonamides is 1. The Kier molecular flexibility index (Phi) is 6.12. The first-order valence-corrected chi connectivity index (χ1v) is 12.1. The summed E-state index contributed by atoms with van der Waals surface area (Å²) in [6.45, 7) is 1.41. The summed E-state index contributed by atoms with van der Waals surface area (Å²) in [4.78, 5) is 28.3. The number of anilines is 2. The average Bonchev–Trinajstić information content (AvgIpc) is 3.21. The second-order valence-electron chi connectivity index (χ2n) is 7.05. The standard InChI is InChI=1S/C23H19N3O5S2/c1-14(27)15-8-10-18(11-9-15)33(29,30)26-17-12-19(31-2)21-20(13-17)32-23(24-21)25-22(28)16-6-4-3-5-7-16/h3-13,26H,1-2H3,(H,24,25,28). The van der Waals surface area contributed by atoms with E-state index in [0.29, 0.717) is 32.2 Å². The quantitative estimate of drug-likeness (QED) is 0.374. The maximum atomic E-state index is 12.8. The molecule has 3 aromatic carbocycles. The Morgan fingerprint density at radius 1 is 0.970 bits per heavy atom. The third-order valence-electron chi connectivity index (χ3n) is 4.76. The number of hydrogen-bond donors (Lipinski definition) is 2. The van der Waals surface area contributed by atoms with Gasteiger partial charge in [0.2, 0.25) is 0 Å². The van der Waals surface area contributed by atoms with Gasteiger partial charge in [-0.2, -0.15) is 0 Å². The molecule has 10 heteroatoms. The molecule has 0 bridgehead atoms. The molecule has 168 valence electrons. The number of carbonyl (C=O) groups is 2. The van der Waals surface area contributed by atoms with Gasteiger partial charge in [-0.15, -0.1) is 0 Å². The number of ketones is 1. The molecule has 1 amide bonds. The van der Waals surface area contributed by atoms with Crippen LogP contribution < -0.4 is 14.8 Å². The number of amides is 1. The smallest absolute Gasteiger partial charge is 0.261 e. The van der Waals surface area contributed by atoms with Crippen LogP contribution in [0.25, 0.3) is 10.2 Å². The Balaban J connectivity index is 1.62. The number of rotatable bonds is 7. The van der Waals surface area contributed by atoms with Crippen molar-refractivity contribution >= 4 is 54.1 Å². The zero-order valence-electron chi connectivity index (χ0n) is 17.7. The van der Waals surface area contributed by atoms with Gasteiger partial charge in [-0.1, -0.05) is 41.7 Å². The molecule has 0 spiro atoms. The normalized spacial score (nSPS) is 11.2. The molecular formula is C23H19N3O5S2. The van der Waals surface area contributed by atoms with Crippen LogP contribution in [0, 0.1) is 0 Å². The highest BCUT2D eigenvalue weighted by Gasteiger charge is 2.18. The van der Waals surface area contributed by atoms with Crippen molar-refractivity contribution in [1.29, 1.82) is 0 Å². The molecule has 0 aliphatic rings. The number of hydrogen-bond acceptors (Lipinski definition) is 7. The number of nitrogens with one attached hydrogen (secondary N) is 2. The Morgan fingerprint density at radius 3 is 2.30 bits per heavy atom. The van der Waals surface area contributed by atoms with E-state index in [1.165, 1.54) is 55.7 Å². The summed E-state index contributed by atoms with van der Waals surface area (Å²) in [7, 11) is -2.45. The molecule has 1 heterocycles. The van der Waals surface area contributed by atoms with Gasteiger partial charge in [0.15, 0.2) is 10.9 Å². The van der Waals surface area contributed by atoms with Crippen LogP contribution in [-0.2, 0) is 10.0 Å². The van der Waals surface area contributed by atoms with E-state index in [1.807, 2.05) is 6.07 Å². The van der Waals surface area contributed by atoms with Crippen molar-refractivity contribution in [2.75, 3.05) is 17.1 Å². The number of methoxy groups -OCH3 is 1. The highest BCUT2D eigenvalue weighted by Crippen LogP contribution is 2.36. The molecule has 0 fully saturated rings. The number of nitrogens with zero attached hydrogens (tertiary/aromatic N) is 1. The molecular weight excluding hydrogens is 462 g/mol. The van der Waals surface area contributed by atoms with Gasteiger partial charge in [0.1, 0.15) is 11.3 Å². The third kappa shape index (κ3) is 4.86. The molecule has 0 atom stereocenters. The summed E-state index contributed by atoms with van der Waals surface area (Å²) in [6, 6.07) is 17.6. The number of ether oxygens (including phenoxy) is 1. The van der Waals surface area contributed by atoms with Crippen LogP contribution in [0.2, 0.25) is 0 Å². The van der Waals surface area contributed by atoms with Crippen molar-refractivity contribution in [3.63, 3.8) is 0 Å². The van der Waals surface area contributed by atoms with Crippen molar-refractivity contribution in [1.82, 2.24) is 4.98 Å². The van der Waals surface area contributed by atoms with Crippen LogP contribution in [0.15, 0.2) is 71.6 Å². The second-order valence-corrected chi connectivity index (χ2v) is 9.76.